The van der Waals surface area contributed by atoms with Crippen molar-refractivity contribution in [2.24, 2.45) is 0 Å². The average molecular weight is 414 g/mol. The van der Waals surface area contributed by atoms with Gasteiger partial charge in [0.1, 0.15) is 5.75 Å². The largest absolute Gasteiger partial charge is 0.495 e. The maximum absolute atomic E-state index is 12.1. The van der Waals surface area contributed by atoms with E-state index >= 15 is 0 Å². The topological polar surface area (TPSA) is 106 Å². The minimum absolute atomic E-state index is 0.112. The van der Waals surface area contributed by atoms with Crippen LogP contribution in [-0.4, -0.2) is 35.6 Å². The minimum Gasteiger partial charge on any atom is -0.495 e. The number of thiophene rings is 1. The highest BCUT2D eigenvalue weighted by molar-refractivity contribution is 7.13. The highest BCUT2D eigenvalue weighted by atomic mass is 32.1. The molecule has 2 heterocycles. The zero-order valence-electron chi connectivity index (χ0n) is 16.2. The van der Waals surface area contributed by atoms with Crippen molar-refractivity contribution >= 4 is 28.8 Å². The number of aryl methyl sites for hydroxylation is 2. The predicted molar refractivity (Wildman–Crippen MR) is 110 cm³/mol. The molecular weight excluding hydrogens is 392 g/mol. The summed E-state index contributed by atoms with van der Waals surface area (Å²) >= 11 is 1.54. The highest BCUT2D eigenvalue weighted by Gasteiger charge is 2.12. The van der Waals surface area contributed by atoms with E-state index in [-0.39, 0.29) is 24.8 Å². The Morgan fingerprint density at radius 1 is 1.24 bits per heavy atom. The summed E-state index contributed by atoms with van der Waals surface area (Å²) in [5.41, 5.74) is 1.57. The molecule has 2 amide bonds. The van der Waals surface area contributed by atoms with Gasteiger partial charge in [0.25, 0.3) is 0 Å². The molecule has 3 aromatic rings. The van der Waals surface area contributed by atoms with Crippen molar-refractivity contribution in [1.29, 1.82) is 0 Å². The average Bonchev–Trinajstić information content (AvgIpc) is 3.38. The second-order valence-corrected chi connectivity index (χ2v) is 7.32. The van der Waals surface area contributed by atoms with E-state index in [0.717, 1.165) is 10.4 Å². The molecule has 9 heteroatoms. The summed E-state index contributed by atoms with van der Waals surface area (Å²) in [5, 5.41) is 11.2. The van der Waals surface area contributed by atoms with Gasteiger partial charge in [-0.05, 0) is 42.5 Å². The van der Waals surface area contributed by atoms with Crippen LogP contribution in [0.4, 0.5) is 5.69 Å². The maximum atomic E-state index is 12.1. The number of carbonyl (C=O) groups excluding carboxylic acids is 2. The van der Waals surface area contributed by atoms with Crippen molar-refractivity contribution < 1.29 is 18.8 Å². The zero-order valence-corrected chi connectivity index (χ0v) is 17.0. The molecule has 0 aliphatic carbocycles. The number of rotatable bonds is 9. The number of nitrogens with zero attached hydrogens (tertiary/aromatic N) is 2. The Bertz CT molecular complexity index is 969. The van der Waals surface area contributed by atoms with Crippen molar-refractivity contribution in [2.75, 3.05) is 19.0 Å². The lowest BCUT2D eigenvalue weighted by atomic mass is 10.2. The van der Waals surface area contributed by atoms with E-state index < -0.39 is 0 Å². The Labute approximate surface area is 172 Å². The van der Waals surface area contributed by atoms with E-state index in [1.54, 1.807) is 6.07 Å². The van der Waals surface area contributed by atoms with Crippen LogP contribution in [-0.2, 0) is 16.0 Å². The van der Waals surface area contributed by atoms with Crippen molar-refractivity contribution in [2.45, 2.75) is 26.2 Å². The van der Waals surface area contributed by atoms with Crippen LogP contribution >= 0.6 is 11.3 Å². The van der Waals surface area contributed by atoms with E-state index in [9.17, 15) is 9.59 Å². The number of methoxy groups -OCH3 is 1. The van der Waals surface area contributed by atoms with Crippen molar-refractivity contribution in [3.8, 4) is 16.5 Å². The summed E-state index contributed by atoms with van der Waals surface area (Å²) in [4.78, 5) is 29.3. The van der Waals surface area contributed by atoms with Gasteiger partial charge in [-0.25, -0.2) is 0 Å². The Hall–Kier alpha value is -3.20. The van der Waals surface area contributed by atoms with Crippen LogP contribution < -0.4 is 15.4 Å². The molecule has 0 spiro atoms. The van der Waals surface area contributed by atoms with Gasteiger partial charge in [-0.2, -0.15) is 4.98 Å². The fourth-order valence-electron chi connectivity index (χ4n) is 2.64. The van der Waals surface area contributed by atoms with Gasteiger partial charge in [0.15, 0.2) is 0 Å². The molecule has 0 fully saturated rings. The Balaban J connectivity index is 1.39. The molecule has 0 aliphatic heterocycles. The second-order valence-electron chi connectivity index (χ2n) is 6.37. The van der Waals surface area contributed by atoms with E-state index in [1.807, 2.05) is 36.6 Å². The number of amides is 2. The molecule has 152 valence electrons. The van der Waals surface area contributed by atoms with Crippen molar-refractivity contribution in [3.05, 3.63) is 47.2 Å². The first-order valence-electron chi connectivity index (χ1n) is 9.13. The zero-order chi connectivity index (χ0) is 20.6. The fraction of sp³-hybridized carbons (Fsp3) is 0.300. The molecule has 0 saturated heterocycles. The van der Waals surface area contributed by atoms with Crippen LogP contribution in [0.3, 0.4) is 0 Å². The quantitative estimate of drug-likeness (QED) is 0.557. The molecule has 0 aliphatic rings. The summed E-state index contributed by atoms with van der Waals surface area (Å²) in [6, 6.07) is 9.33. The highest BCUT2D eigenvalue weighted by Crippen LogP contribution is 2.25. The molecular formula is C20H22N4O4S. The van der Waals surface area contributed by atoms with E-state index in [4.69, 9.17) is 9.26 Å². The molecule has 1 aromatic carbocycles. The van der Waals surface area contributed by atoms with E-state index in [1.165, 1.54) is 18.4 Å². The number of carbonyl (C=O) groups is 2. The third-order valence-corrected chi connectivity index (χ3v) is 4.95. The molecule has 0 saturated carbocycles. The molecule has 3 rings (SSSR count). The molecule has 0 radical (unpaired) electrons. The lowest BCUT2D eigenvalue weighted by Gasteiger charge is -2.11. The Morgan fingerprint density at radius 3 is 2.86 bits per heavy atom. The van der Waals surface area contributed by atoms with Crippen LogP contribution in [0.2, 0.25) is 0 Å². The summed E-state index contributed by atoms with van der Waals surface area (Å²) in [6.07, 6.45) is 1.31. The normalized spacial score (nSPS) is 10.6. The van der Waals surface area contributed by atoms with Gasteiger partial charge < -0.3 is 19.9 Å². The third kappa shape index (κ3) is 5.89. The van der Waals surface area contributed by atoms with Gasteiger partial charge in [-0.15, -0.1) is 11.3 Å². The fourth-order valence-corrected chi connectivity index (χ4v) is 3.29. The number of aromatic nitrogens is 2. The standard InChI is InChI=1S/C20H22N4O4S/c1-13-8-9-15(27-2)14(11-13)22-18(26)12-21-17(25)6-3-7-19-23-20(24-28-19)16-5-4-10-29-16/h4-5,8-11H,3,6-7,12H2,1-2H3,(H,21,25)(H,22,26). The van der Waals surface area contributed by atoms with Gasteiger partial charge in [0.05, 0.1) is 24.2 Å². The number of hydrogen-bond donors (Lipinski definition) is 2. The number of ether oxygens (including phenoxy) is 1. The number of anilines is 1. The first-order valence-corrected chi connectivity index (χ1v) is 10.0. The Morgan fingerprint density at radius 2 is 2.10 bits per heavy atom. The van der Waals surface area contributed by atoms with Crippen LogP contribution in [0, 0.1) is 6.92 Å². The third-order valence-electron chi connectivity index (χ3n) is 4.08. The number of nitrogens with one attached hydrogen (secondary N) is 2. The number of hydrogen-bond acceptors (Lipinski definition) is 7. The summed E-state index contributed by atoms with van der Waals surface area (Å²) in [5.74, 6) is 1.08. The first kappa shape index (κ1) is 20.5. The van der Waals surface area contributed by atoms with E-state index in [2.05, 4.69) is 20.8 Å². The van der Waals surface area contributed by atoms with Gasteiger partial charge in [0.2, 0.25) is 23.5 Å². The molecule has 29 heavy (non-hydrogen) atoms. The second kappa shape index (κ2) is 9.83. The molecule has 8 nitrogen and oxygen atoms in total. The molecule has 0 unspecified atom stereocenters. The molecule has 0 atom stereocenters. The summed E-state index contributed by atoms with van der Waals surface area (Å²) < 4.78 is 10.4. The van der Waals surface area contributed by atoms with Crippen LogP contribution in [0.15, 0.2) is 40.2 Å². The first-order chi connectivity index (χ1) is 14.0. The SMILES string of the molecule is COc1ccc(C)cc1NC(=O)CNC(=O)CCCc1nc(-c2cccs2)no1. The monoisotopic (exact) mass is 414 g/mol. The molecule has 0 bridgehead atoms. The summed E-state index contributed by atoms with van der Waals surface area (Å²) in [6.45, 7) is 1.81. The van der Waals surface area contributed by atoms with Crippen molar-refractivity contribution in [1.82, 2.24) is 15.5 Å². The Kier molecular flexibility index (Phi) is 6.96. The van der Waals surface area contributed by atoms with Crippen LogP contribution in [0.1, 0.15) is 24.3 Å². The van der Waals surface area contributed by atoms with Crippen molar-refractivity contribution in [3.63, 3.8) is 0 Å². The van der Waals surface area contributed by atoms with Gasteiger partial charge in [0, 0.05) is 12.8 Å². The molecule has 2 aromatic heterocycles. The molecule has 2 N–H and O–H groups in total. The summed E-state index contributed by atoms with van der Waals surface area (Å²) in [7, 11) is 1.54. The van der Waals surface area contributed by atoms with Crippen LogP contribution in [0.25, 0.3) is 10.7 Å². The lowest BCUT2D eigenvalue weighted by molar-refractivity contribution is -0.124. The van der Waals surface area contributed by atoms with E-state index in [0.29, 0.717) is 36.0 Å². The van der Waals surface area contributed by atoms with Crippen LogP contribution in [0.5, 0.6) is 5.75 Å². The predicted octanol–water partition coefficient (Wildman–Crippen LogP) is 3.19. The maximum Gasteiger partial charge on any atom is 0.243 e. The van der Waals surface area contributed by atoms with Gasteiger partial charge in [-0.1, -0.05) is 17.3 Å². The number of benzene rings is 1. The lowest BCUT2D eigenvalue weighted by Crippen LogP contribution is -2.32. The van der Waals surface area contributed by atoms with Gasteiger partial charge in [-0.3, -0.25) is 9.59 Å². The smallest absolute Gasteiger partial charge is 0.243 e. The minimum atomic E-state index is -0.320. The van der Waals surface area contributed by atoms with Gasteiger partial charge >= 0.3 is 0 Å².